The fourth-order valence-electron chi connectivity index (χ4n) is 2.38. The number of carbonyl (C=O) groups is 3. The minimum absolute atomic E-state index is 0.132. The van der Waals surface area contributed by atoms with Crippen molar-refractivity contribution in [1.82, 2.24) is 16.0 Å². The highest BCUT2D eigenvalue weighted by Crippen LogP contribution is 1.85. The van der Waals surface area contributed by atoms with Crippen molar-refractivity contribution in [2.24, 2.45) is 5.90 Å². The zero-order valence-corrected chi connectivity index (χ0v) is 21.4. The average Bonchev–Trinajstić information content (AvgIpc) is 2.85. The maximum absolute atomic E-state index is 11.6. The third-order valence-corrected chi connectivity index (χ3v) is 4.16. The van der Waals surface area contributed by atoms with E-state index in [0.29, 0.717) is 85.7 Å². The highest BCUT2D eigenvalue weighted by molar-refractivity contribution is 5.79. The molecule has 0 saturated carbocycles. The van der Waals surface area contributed by atoms with Crippen LogP contribution in [0, 0.1) is 0 Å². The molecule has 0 spiro atoms. The van der Waals surface area contributed by atoms with Crippen LogP contribution >= 0.6 is 0 Å². The Morgan fingerprint density at radius 3 is 1.28 bits per heavy atom. The molecule has 0 aromatic heterocycles. The molecule has 5 N–H and O–H groups in total. The van der Waals surface area contributed by atoms with E-state index in [1.54, 1.807) is 0 Å². The molecule has 0 unspecified atom stereocenters. The summed E-state index contributed by atoms with van der Waals surface area (Å²) in [5, 5.41) is 7.93. The number of carbonyl (C=O) groups excluding carboxylic acids is 3. The van der Waals surface area contributed by atoms with Crippen LogP contribution in [0.4, 0.5) is 0 Å². The van der Waals surface area contributed by atoms with E-state index < -0.39 is 0 Å². The highest BCUT2D eigenvalue weighted by Gasteiger charge is 2.04. The number of hydrogen-bond donors (Lipinski definition) is 4. The van der Waals surface area contributed by atoms with Gasteiger partial charge >= 0.3 is 0 Å². The number of hydrogen-bond acceptors (Lipinski definition) is 11. The van der Waals surface area contributed by atoms with Crippen molar-refractivity contribution in [3.05, 3.63) is 0 Å². The molecule has 3 amide bonds. The van der Waals surface area contributed by atoms with Crippen LogP contribution in [0.25, 0.3) is 0 Å². The molecule has 14 nitrogen and oxygen atoms in total. The first kappa shape index (κ1) is 34.1. The lowest BCUT2D eigenvalue weighted by Gasteiger charge is -2.09. The molecule has 0 heterocycles. The Bertz CT molecular complexity index is 543. The van der Waals surface area contributed by atoms with Crippen molar-refractivity contribution in [2.45, 2.75) is 19.8 Å². The van der Waals surface area contributed by atoms with Crippen LogP contribution in [0.5, 0.6) is 0 Å². The zero-order chi connectivity index (χ0) is 26.5. The summed E-state index contributed by atoms with van der Waals surface area (Å²) in [6.07, 6.45) is 1.92. The summed E-state index contributed by atoms with van der Waals surface area (Å²) in [6, 6.07) is 0. The molecule has 0 atom stereocenters. The summed E-state index contributed by atoms with van der Waals surface area (Å²) < 4.78 is 31.8. The Morgan fingerprint density at radius 1 is 0.528 bits per heavy atom. The van der Waals surface area contributed by atoms with Crippen LogP contribution in [0.15, 0.2) is 0 Å². The third-order valence-electron chi connectivity index (χ3n) is 4.16. The highest BCUT2D eigenvalue weighted by atomic mass is 16.6. The summed E-state index contributed by atoms with van der Waals surface area (Å²) >= 11 is 0. The Balaban J connectivity index is 3.21. The lowest BCUT2D eigenvalue weighted by Crippen LogP contribution is -2.33. The van der Waals surface area contributed by atoms with E-state index >= 15 is 0 Å². The second-order valence-corrected chi connectivity index (χ2v) is 7.27. The molecule has 14 heteroatoms. The van der Waals surface area contributed by atoms with E-state index in [-0.39, 0.29) is 37.5 Å². The normalized spacial score (nSPS) is 10.8. The van der Waals surface area contributed by atoms with Gasteiger partial charge in [0.2, 0.25) is 17.7 Å². The average molecular weight is 525 g/mol. The zero-order valence-electron chi connectivity index (χ0n) is 21.4. The molecular formula is C22H44N4O10. The van der Waals surface area contributed by atoms with Crippen LogP contribution in [-0.2, 0) is 47.6 Å². The van der Waals surface area contributed by atoms with E-state index in [2.05, 4.69) is 20.8 Å². The Hall–Kier alpha value is -1.91. The quantitative estimate of drug-likeness (QED) is 0.0698. The largest absolute Gasteiger partial charge is 0.377 e. The minimum Gasteiger partial charge on any atom is -0.377 e. The summed E-state index contributed by atoms with van der Waals surface area (Å²) in [5.41, 5.74) is 0. The topological polar surface area (TPSA) is 178 Å². The first-order valence-corrected chi connectivity index (χ1v) is 12.2. The fraction of sp³-hybridized carbons (Fsp3) is 0.864. The van der Waals surface area contributed by atoms with Crippen LogP contribution in [0.3, 0.4) is 0 Å². The molecule has 0 aliphatic carbocycles. The maximum Gasteiger partial charge on any atom is 0.248 e. The summed E-state index contributed by atoms with van der Waals surface area (Å²) in [7, 11) is 0. The second kappa shape index (κ2) is 27.7. The Morgan fingerprint density at radius 2 is 0.889 bits per heavy atom. The van der Waals surface area contributed by atoms with E-state index in [4.69, 9.17) is 34.3 Å². The molecule has 0 fully saturated rings. The lowest BCUT2D eigenvalue weighted by molar-refractivity contribution is -0.131. The predicted molar refractivity (Wildman–Crippen MR) is 129 cm³/mol. The lowest BCUT2D eigenvalue weighted by atomic mass is 10.3. The molecule has 212 valence electrons. The molecule has 0 bridgehead atoms. The van der Waals surface area contributed by atoms with Gasteiger partial charge in [-0.1, -0.05) is 13.3 Å². The van der Waals surface area contributed by atoms with Gasteiger partial charge in [0.25, 0.3) is 0 Å². The van der Waals surface area contributed by atoms with Gasteiger partial charge in [0, 0.05) is 19.6 Å². The molecule has 0 rings (SSSR count). The van der Waals surface area contributed by atoms with Gasteiger partial charge in [0.15, 0.2) is 0 Å². The van der Waals surface area contributed by atoms with Gasteiger partial charge in [-0.15, -0.1) is 0 Å². The van der Waals surface area contributed by atoms with Crippen molar-refractivity contribution < 1.29 is 47.6 Å². The van der Waals surface area contributed by atoms with Gasteiger partial charge < -0.3 is 44.4 Å². The SMILES string of the molecule is CCCCNC(=O)COCC(=O)NCCOCCOCCOCCOCCOCCNC(=O)CON. The van der Waals surface area contributed by atoms with E-state index in [9.17, 15) is 14.4 Å². The van der Waals surface area contributed by atoms with Crippen molar-refractivity contribution in [3.8, 4) is 0 Å². The van der Waals surface area contributed by atoms with E-state index in [1.165, 1.54) is 0 Å². The Labute approximate surface area is 213 Å². The summed E-state index contributed by atoms with van der Waals surface area (Å²) in [4.78, 5) is 38.3. The molecule has 0 saturated heterocycles. The first-order chi connectivity index (χ1) is 17.6. The number of rotatable bonds is 27. The molecule has 0 aromatic carbocycles. The van der Waals surface area contributed by atoms with Crippen molar-refractivity contribution in [1.29, 1.82) is 0 Å². The monoisotopic (exact) mass is 524 g/mol. The van der Waals surface area contributed by atoms with Crippen molar-refractivity contribution >= 4 is 17.7 Å². The van der Waals surface area contributed by atoms with Crippen molar-refractivity contribution in [3.63, 3.8) is 0 Å². The van der Waals surface area contributed by atoms with E-state index in [0.717, 1.165) is 12.8 Å². The molecule has 0 radical (unpaired) electrons. The Kier molecular flexibility index (Phi) is 26.2. The number of nitrogens with one attached hydrogen (secondary N) is 3. The van der Waals surface area contributed by atoms with Gasteiger partial charge in [-0.3, -0.25) is 19.2 Å². The van der Waals surface area contributed by atoms with Crippen LogP contribution in [0.2, 0.25) is 0 Å². The second-order valence-electron chi connectivity index (χ2n) is 7.27. The number of nitrogens with two attached hydrogens (primary N) is 1. The number of unbranched alkanes of at least 4 members (excludes halogenated alkanes) is 1. The molecule has 0 aliphatic rings. The smallest absolute Gasteiger partial charge is 0.248 e. The van der Waals surface area contributed by atoms with Crippen LogP contribution < -0.4 is 21.8 Å². The standard InChI is InChI=1S/C22H44N4O10/c1-2-3-4-24-20(27)17-35-18-21(28)25-5-7-30-9-11-32-13-15-34-16-14-33-12-10-31-8-6-26-22(29)19-36-23/h2-19,23H2,1H3,(H,24,27)(H,25,28)(H,26,29). The van der Waals surface area contributed by atoms with Gasteiger partial charge in [-0.25, -0.2) is 5.90 Å². The minimum atomic E-state index is -0.301. The predicted octanol–water partition coefficient (Wildman–Crippen LogP) is -1.87. The summed E-state index contributed by atoms with van der Waals surface area (Å²) in [6.45, 7) is 7.07. The number of ether oxygens (including phenoxy) is 6. The summed E-state index contributed by atoms with van der Waals surface area (Å²) in [5.74, 6) is 3.96. The van der Waals surface area contributed by atoms with Gasteiger partial charge in [-0.2, -0.15) is 0 Å². The van der Waals surface area contributed by atoms with Crippen LogP contribution in [-0.4, -0.2) is 123 Å². The van der Waals surface area contributed by atoms with Crippen LogP contribution in [0.1, 0.15) is 19.8 Å². The molecular weight excluding hydrogens is 480 g/mol. The fourth-order valence-corrected chi connectivity index (χ4v) is 2.38. The maximum atomic E-state index is 11.6. The third kappa shape index (κ3) is 26.7. The molecule has 0 aliphatic heterocycles. The first-order valence-electron chi connectivity index (χ1n) is 12.2. The number of amides is 3. The molecule has 36 heavy (non-hydrogen) atoms. The van der Waals surface area contributed by atoms with E-state index in [1.807, 2.05) is 6.92 Å². The van der Waals surface area contributed by atoms with Gasteiger partial charge in [0.05, 0.1) is 66.1 Å². The van der Waals surface area contributed by atoms with Gasteiger partial charge in [-0.05, 0) is 6.42 Å². The van der Waals surface area contributed by atoms with Gasteiger partial charge in [0.1, 0.15) is 19.8 Å². The molecule has 0 aromatic rings. The van der Waals surface area contributed by atoms with Crippen molar-refractivity contribution in [2.75, 3.05) is 106 Å².